The molecule has 0 unspecified atom stereocenters. The lowest BCUT2D eigenvalue weighted by molar-refractivity contribution is 0.0682. The Morgan fingerprint density at radius 1 is 1.22 bits per heavy atom. The molecule has 4 heteroatoms. The molecule has 3 heterocycles. The number of rotatable bonds is 1. The summed E-state index contributed by atoms with van der Waals surface area (Å²) in [6.07, 6.45) is 3.31. The number of amides is 1. The molecule has 1 aromatic heterocycles. The Kier molecular flexibility index (Phi) is 3.57. The molecule has 0 aliphatic carbocycles. The lowest BCUT2D eigenvalue weighted by Gasteiger charge is -2.28. The molecule has 2 aromatic rings. The predicted octanol–water partition coefficient (Wildman–Crippen LogP) is 2.82. The molecule has 1 aromatic carbocycles. The molecule has 23 heavy (non-hydrogen) atoms. The summed E-state index contributed by atoms with van der Waals surface area (Å²) in [4.78, 5) is 20.2. The zero-order chi connectivity index (χ0) is 16.0. The summed E-state index contributed by atoms with van der Waals surface area (Å²) < 4.78 is 0. The van der Waals surface area contributed by atoms with Gasteiger partial charge in [0.15, 0.2) is 0 Å². The summed E-state index contributed by atoms with van der Waals surface area (Å²) >= 11 is 0. The van der Waals surface area contributed by atoms with E-state index in [1.807, 2.05) is 25.1 Å². The van der Waals surface area contributed by atoms with Crippen LogP contribution in [0.5, 0.6) is 0 Å². The van der Waals surface area contributed by atoms with Crippen molar-refractivity contribution in [2.45, 2.75) is 45.2 Å². The van der Waals surface area contributed by atoms with Gasteiger partial charge in [0.25, 0.3) is 5.91 Å². The maximum atomic E-state index is 13.4. The highest BCUT2D eigenvalue weighted by atomic mass is 16.2. The van der Waals surface area contributed by atoms with Crippen LogP contribution in [0.4, 0.5) is 0 Å². The van der Waals surface area contributed by atoms with Crippen LogP contribution >= 0.6 is 0 Å². The summed E-state index contributed by atoms with van der Waals surface area (Å²) in [6, 6.07) is 8.79. The molecule has 2 fully saturated rings. The van der Waals surface area contributed by atoms with Crippen LogP contribution in [0.1, 0.15) is 40.9 Å². The molecule has 0 saturated carbocycles. The fraction of sp³-hybridized carbons (Fsp3) is 0.474. The van der Waals surface area contributed by atoms with Gasteiger partial charge in [0, 0.05) is 29.7 Å². The predicted molar refractivity (Wildman–Crippen MR) is 91.7 cm³/mol. The van der Waals surface area contributed by atoms with Gasteiger partial charge in [0.05, 0.1) is 11.1 Å². The number of aryl methyl sites for hydroxylation is 2. The summed E-state index contributed by atoms with van der Waals surface area (Å²) in [5, 5.41) is 4.45. The van der Waals surface area contributed by atoms with E-state index in [2.05, 4.69) is 28.2 Å². The monoisotopic (exact) mass is 309 g/mol. The van der Waals surface area contributed by atoms with Crippen molar-refractivity contribution < 1.29 is 4.79 Å². The molecule has 4 rings (SSSR count). The van der Waals surface area contributed by atoms with Crippen molar-refractivity contribution in [3.8, 4) is 0 Å². The molecule has 1 N–H and O–H groups in total. The first-order valence-electron chi connectivity index (χ1n) is 8.55. The average Bonchev–Trinajstić information content (AvgIpc) is 2.80. The molecule has 2 aliphatic rings. The van der Waals surface area contributed by atoms with E-state index in [4.69, 9.17) is 0 Å². The maximum absolute atomic E-state index is 13.4. The third kappa shape index (κ3) is 2.41. The Morgan fingerprint density at radius 3 is 2.91 bits per heavy atom. The SMILES string of the molecule is Cc1cc(C(=O)N2[C@H]3CCNC[C@@H]2CC3)c2cccc(C)c2n1. The van der Waals surface area contributed by atoms with E-state index >= 15 is 0 Å². The van der Waals surface area contributed by atoms with Gasteiger partial charge in [-0.1, -0.05) is 18.2 Å². The number of fused-ring (bicyclic) bond motifs is 3. The summed E-state index contributed by atoms with van der Waals surface area (Å²) in [5.41, 5.74) is 3.81. The first kappa shape index (κ1) is 14.6. The number of carbonyl (C=O) groups is 1. The molecule has 2 aliphatic heterocycles. The van der Waals surface area contributed by atoms with Crippen LogP contribution in [0.3, 0.4) is 0 Å². The topological polar surface area (TPSA) is 45.2 Å². The van der Waals surface area contributed by atoms with Crippen LogP contribution < -0.4 is 5.32 Å². The molecular weight excluding hydrogens is 286 g/mol. The second-order valence-electron chi connectivity index (χ2n) is 6.87. The fourth-order valence-electron chi connectivity index (χ4n) is 4.15. The quantitative estimate of drug-likeness (QED) is 0.881. The molecule has 120 valence electrons. The number of hydrogen-bond acceptors (Lipinski definition) is 3. The minimum atomic E-state index is 0.183. The first-order valence-corrected chi connectivity index (χ1v) is 8.55. The van der Waals surface area contributed by atoms with Gasteiger partial charge in [-0.3, -0.25) is 9.78 Å². The molecule has 2 saturated heterocycles. The van der Waals surface area contributed by atoms with Gasteiger partial charge in [-0.2, -0.15) is 0 Å². The van der Waals surface area contributed by atoms with E-state index in [1.54, 1.807) is 0 Å². The van der Waals surface area contributed by atoms with E-state index in [9.17, 15) is 4.79 Å². The van der Waals surface area contributed by atoms with Crippen LogP contribution in [-0.4, -0.2) is 41.0 Å². The van der Waals surface area contributed by atoms with Crippen molar-refractivity contribution in [1.82, 2.24) is 15.2 Å². The van der Waals surface area contributed by atoms with E-state index in [0.717, 1.165) is 60.1 Å². The van der Waals surface area contributed by atoms with Crippen LogP contribution in [0.2, 0.25) is 0 Å². The summed E-state index contributed by atoms with van der Waals surface area (Å²) in [6.45, 7) is 5.97. The first-order chi connectivity index (χ1) is 11.1. The molecule has 0 spiro atoms. The summed E-state index contributed by atoms with van der Waals surface area (Å²) in [7, 11) is 0. The number of nitrogens with one attached hydrogen (secondary N) is 1. The highest BCUT2D eigenvalue weighted by Gasteiger charge is 2.38. The Balaban J connectivity index is 1.82. The number of carbonyl (C=O) groups excluding carboxylic acids is 1. The lowest BCUT2D eigenvalue weighted by atomic mass is 10.0. The van der Waals surface area contributed by atoms with E-state index in [-0.39, 0.29) is 5.91 Å². The number of aromatic nitrogens is 1. The highest BCUT2D eigenvalue weighted by molar-refractivity contribution is 6.07. The fourth-order valence-corrected chi connectivity index (χ4v) is 4.15. The minimum absolute atomic E-state index is 0.183. The summed E-state index contributed by atoms with van der Waals surface area (Å²) in [5.74, 6) is 0.183. The zero-order valence-electron chi connectivity index (χ0n) is 13.8. The number of hydrogen-bond donors (Lipinski definition) is 1. The lowest BCUT2D eigenvalue weighted by Crippen LogP contribution is -2.42. The van der Waals surface area contributed by atoms with Crippen molar-refractivity contribution in [2.75, 3.05) is 13.1 Å². The van der Waals surface area contributed by atoms with Crippen molar-refractivity contribution in [2.24, 2.45) is 0 Å². The molecular formula is C19H23N3O. The second kappa shape index (κ2) is 5.60. The van der Waals surface area contributed by atoms with Crippen molar-refractivity contribution in [3.63, 3.8) is 0 Å². The van der Waals surface area contributed by atoms with E-state index in [0.29, 0.717) is 12.1 Å². The number of nitrogens with zero attached hydrogens (tertiary/aromatic N) is 2. The van der Waals surface area contributed by atoms with Crippen LogP contribution in [0.15, 0.2) is 24.3 Å². The van der Waals surface area contributed by atoms with E-state index < -0.39 is 0 Å². The van der Waals surface area contributed by atoms with Gasteiger partial charge < -0.3 is 10.2 Å². The molecule has 4 nitrogen and oxygen atoms in total. The normalized spacial score (nSPS) is 24.0. The standard InChI is InChI=1S/C19H23N3O/c1-12-4-3-5-16-17(10-13(2)21-18(12)16)19(23)22-14-6-7-15(22)11-20-9-8-14/h3-5,10,14-15,20H,6-9,11H2,1-2H3/t14-,15+/m1/s1. The molecule has 1 amide bonds. The molecule has 2 bridgehead atoms. The van der Waals surface area contributed by atoms with Gasteiger partial charge in [-0.25, -0.2) is 0 Å². The van der Waals surface area contributed by atoms with Gasteiger partial charge in [-0.15, -0.1) is 0 Å². The van der Waals surface area contributed by atoms with Gasteiger partial charge in [-0.05, 0) is 51.3 Å². The highest BCUT2D eigenvalue weighted by Crippen LogP contribution is 2.31. The number of benzene rings is 1. The third-order valence-electron chi connectivity index (χ3n) is 5.29. The van der Waals surface area contributed by atoms with Crippen molar-refractivity contribution in [1.29, 1.82) is 0 Å². The number of para-hydroxylation sites is 1. The maximum Gasteiger partial charge on any atom is 0.255 e. The molecule has 0 radical (unpaired) electrons. The van der Waals surface area contributed by atoms with Crippen molar-refractivity contribution >= 4 is 16.8 Å². The van der Waals surface area contributed by atoms with Crippen LogP contribution in [-0.2, 0) is 0 Å². The van der Waals surface area contributed by atoms with Gasteiger partial charge >= 0.3 is 0 Å². The Hall–Kier alpha value is -1.94. The van der Waals surface area contributed by atoms with Crippen LogP contribution in [0, 0.1) is 13.8 Å². The van der Waals surface area contributed by atoms with Gasteiger partial charge in [0.1, 0.15) is 0 Å². The zero-order valence-corrected chi connectivity index (χ0v) is 13.8. The average molecular weight is 309 g/mol. The van der Waals surface area contributed by atoms with Crippen LogP contribution in [0.25, 0.3) is 10.9 Å². The minimum Gasteiger partial charge on any atom is -0.331 e. The van der Waals surface area contributed by atoms with Crippen molar-refractivity contribution in [3.05, 3.63) is 41.1 Å². The second-order valence-corrected chi connectivity index (χ2v) is 6.87. The van der Waals surface area contributed by atoms with E-state index in [1.165, 1.54) is 0 Å². The Labute approximate surface area is 136 Å². The third-order valence-corrected chi connectivity index (χ3v) is 5.29. The Bertz CT molecular complexity index is 757. The Morgan fingerprint density at radius 2 is 2.04 bits per heavy atom. The number of pyridine rings is 1. The smallest absolute Gasteiger partial charge is 0.255 e. The molecule has 2 atom stereocenters. The largest absolute Gasteiger partial charge is 0.331 e. The van der Waals surface area contributed by atoms with Gasteiger partial charge in [0.2, 0.25) is 0 Å².